The second-order valence-corrected chi connectivity index (χ2v) is 9.35. The summed E-state index contributed by atoms with van der Waals surface area (Å²) in [5, 5.41) is 12.3. The van der Waals surface area contributed by atoms with Gasteiger partial charge in [0.25, 0.3) is 0 Å². The normalized spacial score (nSPS) is 12.3. The minimum atomic E-state index is -0.171. The molecule has 0 atom stereocenters. The molecule has 9 heteroatoms. The van der Waals surface area contributed by atoms with E-state index in [0.29, 0.717) is 41.1 Å². The maximum atomic E-state index is 13.1. The van der Waals surface area contributed by atoms with Crippen LogP contribution in [0.3, 0.4) is 0 Å². The number of aliphatic hydroxyl groups excluding tert-OH is 1. The highest BCUT2D eigenvalue weighted by molar-refractivity contribution is 7.09. The van der Waals surface area contributed by atoms with Crippen molar-refractivity contribution in [3.8, 4) is 17.2 Å². The van der Waals surface area contributed by atoms with Gasteiger partial charge in [0.05, 0.1) is 12.3 Å². The highest BCUT2D eigenvalue weighted by Gasteiger charge is 2.21. The van der Waals surface area contributed by atoms with Crippen molar-refractivity contribution in [2.24, 2.45) is 5.92 Å². The molecule has 1 amide bonds. The largest absolute Gasteiger partial charge is 0.486 e. The third-order valence-corrected chi connectivity index (χ3v) is 6.22. The third-order valence-electron chi connectivity index (χ3n) is 5.11. The lowest BCUT2D eigenvalue weighted by Gasteiger charge is -2.26. The Balaban J connectivity index is 1.54. The second kappa shape index (κ2) is 10.4. The summed E-state index contributed by atoms with van der Waals surface area (Å²) < 4.78 is 16.9. The van der Waals surface area contributed by atoms with E-state index in [2.05, 4.69) is 4.98 Å². The molecule has 0 saturated carbocycles. The maximum Gasteiger partial charge on any atom is 0.231 e. The van der Waals surface area contributed by atoms with Crippen molar-refractivity contribution in [3.05, 3.63) is 68.6 Å². The van der Waals surface area contributed by atoms with Crippen LogP contribution in [-0.2, 0) is 31.1 Å². The molecule has 1 N–H and O–H groups in total. The Morgan fingerprint density at radius 1 is 1.21 bits per heavy atom. The topological polar surface area (TPSA) is 81.1 Å². The van der Waals surface area contributed by atoms with E-state index in [-0.39, 0.29) is 31.8 Å². The van der Waals surface area contributed by atoms with Gasteiger partial charge in [-0.1, -0.05) is 31.5 Å². The van der Waals surface area contributed by atoms with E-state index in [1.807, 2.05) is 38.1 Å². The first-order valence-corrected chi connectivity index (χ1v) is 11.8. The van der Waals surface area contributed by atoms with Crippen LogP contribution in [0, 0.1) is 5.92 Å². The second-order valence-electron chi connectivity index (χ2n) is 7.97. The van der Waals surface area contributed by atoms with Crippen LogP contribution in [0.25, 0.3) is 0 Å². The van der Waals surface area contributed by atoms with E-state index in [9.17, 15) is 9.90 Å². The van der Waals surface area contributed by atoms with Crippen molar-refractivity contribution in [1.82, 2.24) is 9.88 Å². The Morgan fingerprint density at radius 3 is 2.79 bits per heavy atom. The number of rotatable bonds is 9. The molecule has 3 aromatic rings. The molecule has 0 radical (unpaired) electrons. The molecule has 0 spiro atoms. The van der Waals surface area contributed by atoms with Crippen LogP contribution < -0.4 is 14.2 Å². The van der Waals surface area contributed by atoms with Gasteiger partial charge in [-0.3, -0.25) is 4.79 Å². The number of amides is 1. The van der Waals surface area contributed by atoms with Crippen LogP contribution in [0.15, 0.2) is 41.8 Å². The van der Waals surface area contributed by atoms with Crippen molar-refractivity contribution in [3.63, 3.8) is 0 Å². The van der Waals surface area contributed by atoms with Crippen molar-refractivity contribution in [2.75, 3.05) is 6.79 Å². The zero-order chi connectivity index (χ0) is 23.4. The van der Waals surface area contributed by atoms with E-state index >= 15 is 0 Å². The highest BCUT2D eigenvalue weighted by atomic mass is 35.5. The Bertz CT molecular complexity index is 1130. The zero-order valence-corrected chi connectivity index (χ0v) is 20.0. The number of carbonyl (C=O) groups is 1. The molecular weight excluding hydrogens is 464 g/mol. The fourth-order valence-electron chi connectivity index (χ4n) is 3.48. The van der Waals surface area contributed by atoms with Gasteiger partial charge < -0.3 is 24.2 Å². The minimum absolute atomic E-state index is 0.0195. The lowest BCUT2D eigenvalue weighted by Crippen LogP contribution is -2.33. The van der Waals surface area contributed by atoms with E-state index in [1.165, 1.54) is 11.3 Å². The summed E-state index contributed by atoms with van der Waals surface area (Å²) in [5.41, 5.74) is 2.36. The maximum absolute atomic E-state index is 13.1. The van der Waals surface area contributed by atoms with Crippen LogP contribution in [0.5, 0.6) is 17.2 Å². The summed E-state index contributed by atoms with van der Waals surface area (Å²) >= 11 is 7.71. The highest BCUT2D eigenvalue weighted by Crippen LogP contribution is 2.33. The minimum Gasteiger partial charge on any atom is -0.486 e. The summed E-state index contributed by atoms with van der Waals surface area (Å²) in [4.78, 5) is 19.2. The van der Waals surface area contributed by atoms with Crippen molar-refractivity contribution in [1.29, 1.82) is 0 Å². The smallest absolute Gasteiger partial charge is 0.231 e. The summed E-state index contributed by atoms with van der Waals surface area (Å²) in [7, 11) is 0. The van der Waals surface area contributed by atoms with Gasteiger partial charge >= 0.3 is 0 Å². The lowest BCUT2D eigenvalue weighted by molar-refractivity contribution is -0.135. The quantitative estimate of drug-likeness (QED) is 0.466. The van der Waals surface area contributed by atoms with E-state index < -0.39 is 0 Å². The summed E-state index contributed by atoms with van der Waals surface area (Å²) in [6, 6.07) is 11.1. The SMILES string of the molecule is CC(C)C(=O)N(Cc1ccc2c(c1)OCO2)Cc1cc(Cl)ccc1OCc1nc(CO)cs1. The predicted molar refractivity (Wildman–Crippen MR) is 125 cm³/mol. The molecule has 4 rings (SSSR count). The lowest BCUT2D eigenvalue weighted by atomic mass is 10.1. The van der Waals surface area contributed by atoms with Gasteiger partial charge in [-0.25, -0.2) is 4.98 Å². The Kier molecular flexibility index (Phi) is 7.37. The standard InChI is InChI=1S/C24H25ClN2O5S/c1-15(2)24(29)27(9-16-3-5-21-22(7-16)32-14-31-21)10-17-8-18(25)4-6-20(17)30-12-23-26-19(11-28)13-33-23/h3-8,13,15,28H,9-12,14H2,1-2H3. The summed E-state index contributed by atoms with van der Waals surface area (Å²) in [5.74, 6) is 1.87. The number of nitrogens with zero attached hydrogens (tertiary/aromatic N) is 2. The first-order chi connectivity index (χ1) is 15.9. The number of benzene rings is 2. The molecule has 1 aliphatic heterocycles. The van der Waals surface area contributed by atoms with Crippen LogP contribution in [0.2, 0.25) is 5.02 Å². The number of halogens is 1. The van der Waals surface area contributed by atoms with Gasteiger partial charge in [0.15, 0.2) is 11.5 Å². The fourth-order valence-corrected chi connectivity index (χ4v) is 4.37. The van der Waals surface area contributed by atoms with Crippen LogP contribution in [-0.4, -0.2) is 27.7 Å². The number of fused-ring (bicyclic) bond motifs is 1. The van der Waals surface area contributed by atoms with Crippen molar-refractivity contribution < 1.29 is 24.1 Å². The number of hydrogen-bond acceptors (Lipinski definition) is 7. The molecule has 174 valence electrons. The van der Waals surface area contributed by atoms with Crippen LogP contribution in [0.1, 0.15) is 35.7 Å². The monoisotopic (exact) mass is 488 g/mol. The number of hydrogen-bond donors (Lipinski definition) is 1. The van der Waals surface area contributed by atoms with E-state index in [0.717, 1.165) is 16.1 Å². The molecule has 1 aromatic heterocycles. The zero-order valence-electron chi connectivity index (χ0n) is 18.4. The van der Waals surface area contributed by atoms with Gasteiger partial charge in [-0.05, 0) is 35.9 Å². The average molecular weight is 489 g/mol. The van der Waals surface area contributed by atoms with Gasteiger partial charge in [0.2, 0.25) is 12.7 Å². The van der Waals surface area contributed by atoms with Gasteiger partial charge in [-0.2, -0.15) is 0 Å². The molecule has 2 heterocycles. The van der Waals surface area contributed by atoms with Crippen LogP contribution >= 0.6 is 22.9 Å². The molecule has 1 aliphatic rings. The summed E-state index contributed by atoms with van der Waals surface area (Å²) in [6.45, 7) is 4.87. The molecule has 33 heavy (non-hydrogen) atoms. The number of thiazole rings is 1. The molecular formula is C24H25ClN2O5S. The van der Waals surface area contributed by atoms with Crippen molar-refractivity contribution in [2.45, 2.75) is 40.2 Å². The molecule has 0 bridgehead atoms. The fraction of sp³-hybridized carbons (Fsp3) is 0.333. The Morgan fingerprint density at radius 2 is 2.03 bits per heavy atom. The first-order valence-electron chi connectivity index (χ1n) is 10.6. The molecule has 0 saturated heterocycles. The van der Waals surface area contributed by atoms with Gasteiger partial charge in [-0.15, -0.1) is 11.3 Å². The number of carbonyl (C=O) groups excluding carboxylic acids is 1. The van der Waals surface area contributed by atoms with E-state index in [1.54, 1.807) is 22.4 Å². The average Bonchev–Trinajstić information content (AvgIpc) is 3.46. The summed E-state index contributed by atoms with van der Waals surface area (Å²) in [6.07, 6.45) is 0. The molecule has 7 nitrogen and oxygen atoms in total. The number of aromatic nitrogens is 1. The Labute approximate surface area is 201 Å². The molecule has 0 aliphatic carbocycles. The molecule has 0 fully saturated rings. The molecule has 0 unspecified atom stereocenters. The van der Waals surface area contributed by atoms with E-state index in [4.69, 9.17) is 25.8 Å². The number of ether oxygens (including phenoxy) is 3. The number of aliphatic hydroxyl groups is 1. The Hall–Kier alpha value is -2.81. The van der Waals surface area contributed by atoms with Gasteiger partial charge in [0.1, 0.15) is 17.4 Å². The first kappa shape index (κ1) is 23.4. The predicted octanol–water partition coefficient (Wildman–Crippen LogP) is 4.78. The van der Waals surface area contributed by atoms with Crippen molar-refractivity contribution >= 4 is 28.8 Å². The molecule has 2 aromatic carbocycles. The third kappa shape index (κ3) is 5.76. The van der Waals surface area contributed by atoms with Gasteiger partial charge in [0, 0.05) is 35.0 Å². The van der Waals surface area contributed by atoms with Crippen LogP contribution in [0.4, 0.5) is 0 Å².